The minimum atomic E-state index is -0.960. The standard InChI is InChI=1S/C16H12Cl2FN3O3/c17-10-3-9(5-20-6-10)14(8-1-2-12(19)11(18)4-8)22-15(23)13-7-21-16(24)25-13/h1-6,13-14H,7H2,(H,21,24)(H,22,23)/t13-,14-/m0/s1. The average Bonchev–Trinajstić information content (AvgIpc) is 3.02. The van der Waals surface area contributed by atoms with Crippen LogP contribution in [0.4, 0.5) is 9.18 Å². The van der Waals surface area contributed by atoms with E-state index in [1.165, 1.54) is 30.6 Å². The van der Waals surface area contributed by atoms with E-state index in [4.69, 9.17) is 27.9 Å². The zero-order valence-corrected chi connectivity index (χ0v) is 14.1. The third-order valence-corrected chi connectivity index (χ3v) is 4.09. The Morgan fingerprint density at radius 2 is 2.12 bits per heavy atom. The number of cyclic esters (lactones) is 1. The molecule has 0 aliphatic carbocycles. The molecule has 0 radical (unpaired) electrons. The van der Waals surface area contributed by atoms with E-state index in [0.29, 0.717) is 16.1 Å². The lowest BCUT2D eigenvalue weighted by molar-refractivity contribution is -0.128. The number of alkyl carbamates (subject to hydrolysis) is 1. The Bertz CT molecular complexity index is 834. The van der Waals surface area contributed by atoms with E-state index < -0.39 is 30.0 Å². The second-order valence-corrected chi connectivity index (χ2v) is 6.17. The van der Waals surface area contributed by atoms with Crippen LogP contribution in [0.1, 0.15) is 17.2 Å². The minimum absolute atomic E-state index is 0.0648. The molecular weight excluding hydrogens is 372 g/mol. The first-order chi connectivity index (χ1) is 11.9. The van der Waals surface area contributed by atoms with E-state index in [2.05, 4.69) is 15.6 Å². The van der Waals surface area contributed by atoms with E-state index in [1.807, 2.05) is 0 Å². The first-order valence-corrected chi connectivity index (χ1v) is 8.00. The number of nitrogens with zero attached hydrogens (tertiary/aromatic N) is 1. The van der Waals surface area contributed by atoms with Crippen molar-refractivity contribution < 1.29 is 18.7 Å². The number of hydrogen-bond donors (Lipinski definition) is 2. The van der Waals surface area contributed by atoms with Crippen LogP contribution in [0.15, 0.2) is 36.7 Å². The summed E-state index contributed by atoms with van der Waals surface area (Å²) < 4.78 is 18.3. The second kappa shape index (κ2) is 7.25. The molecule has 2 atom stereocenters. The van der Waals surface area contributed by atoms with Gasteiger partial charge in [-0.15, -0.1) is 0 Å². The van der Waals surface area contributed by atoms with Gasteiger partial charge in [0, 0.05) is 12.4 Å². The lowest BCUT2D eigenvalue weighted by Gasteiger charge is -2.21. The molecule has 6 nitrogen and oxygen atoms in total. The molecule has 9 heteroatoms. The van der Waals surface area contributed by atoms with Crippen molar-refractivity contribution in [2.75, 3.05) is 6.54 Å². The zero-order chi connectivity index (χ0) is 18.0. The number of benzene rings is 1. The van der Waals surface area contributed by atoms with Crippen LogP contribution in [-0.4, -0.2) is 29.6 Å². The molecule has 1 fully saturated rings. The Kier molecular flexibility index (Phi) is 5.06. The molecular formula is C16H12Cl2FN3O3. The predicted molar refractivity (Wildman–Crippen MR) is 88.9 cm³/mol. The van der Waals surface area contributed by atoms with Crippen molar-refractivity contribution in [3.05, 3.63) is 63.6 Å². The van der Waals surface area contributed by atoms with Gasteiger partial charge < -0.3 is 15.4 Å². The van der Waals surface area contributed by atoms with E-state index in [0.717, 1.165) is 0 Å². The third-order valence-electron chi connectivity index (χ3n) is 3.60. The predicted octanol–water partition coefficient (Wildman–Crippen LogP) is 2.84. The number of halogens is 3. The third kappa shape index (κ3) is 4.00. The van der Waals surface area contributed by atoms with Crippen molar-refractivity contribution in [2.24, 2.45) is 0 Å². The van der Waals surface area contributed by atoms with Crippen LogP contribution in [0.5, 0.6) is 0 Å². The summed E-state index contributed by atoms with van der Waals surface area (Å²) in [6, 6.07) is 5.02. The summed E-state index contributed by atoms with van der Waals surface area (Å²) in [5, 5.41) is 5.44. The SMILES string of the molecule is O=C1NC[C@@H](C(=O)N[C@H](c2cncc(Cl)c2)c2ccc(F)c(Cl)c2)O1. The van der Waals surface area contributed by atoms with E-state index >= 15 is 0 Å². The normalized spacial score (nSPS) is 17.6. The molecule has 130 valence electrons. The molecule has 0 bridgehead atoms. The molecule has 0 unspecified atom stereocenters. The molecule has 0 spiro atoms. The fourth-order valence-corrected chi connectivity index (χ4v) is 2.78. The van der Waals surface area contributed by atoms with Gasteiger partial charge in [0.05, 0.1) is 22.6 Å². The molecule has 3 rings (SSSR count). The maximum absolute atomic E-state index is 13.5. The first kappa shape index (κ1) is 17.4. The highest BCUT2D eigenvalue weighted by atomic mass is 35.5. The number of rotatable bonds is 4. The lowest BCUT2D eigenvalue weighted by Crippen LogP contribution is -2.39. The monoisotopic (exact) mass is 383 g/mol. The summed E-state index contributed by atoms with van der Waals surface area (Å²) >= 11 is 11.8. The molecule has 1 aromatic carbocycles. The van der Waals surface area contributed by atoms with Crippen LogP contribution in [-0.2, 0) is 9.53 Å². The summed E-state index contributed by atoms with van der Waals surface area (Å²) in [5.41, 5.74) is 1.10. The molecule has 0 saturated carbocycles. The fourth-order valence-electron chi connectivity index (χ4n) is 2.41. The van der Waals surface area contributed by atoms with Crippen LogP contribution in [0.2, 0.25) is 10.0 Å². The van der Waals surface area contributed by atoms with Crippen molar-refractivity contribution in [3.8, 4) is 0 Å². The number of hydrogen-bond acceptors (Lipinski definition) is 4. The van der Waals surface area contributed by atoms with Gasteiger partial charge in [0.1, 0.15) is 5.82 Å². The highest BCUT2D eigenvalue weighted by Crippen LogP contribution is 2.27. The molecule has 1 saturated heterocycles. The number of carbonyl (C=O) groups is 2. The number of amides is 2. The van der Waals surface area contributed by atoms with Gasteiger partial charge in [-0.2, -0.15) is 0 Å². The number of carbonyl (C=O) groups excluding carboxylic acids is 2. The lowest BCUT2D eigenvalue weighted by atomic mass is 9.99. The van der Waals surface area contributed by atoms with Gasteiger partial charge >= 0.3 is 6.09 Å². The molecule has 2 aromatic rings. The number of pyridine rings is 1. The quantitative estimate of drug-likeness (QED) is 0.850. The van der Waals surface area contributed by atoms with E-state index in [9.17, 15) is 14.0 Å². The first-order valence-electron chi connectivity index (χ1n) is 7.24. The summed E-state index contributed by atoms with van der Waals surface area (Å²) in [6.45, 7) is 0.0648. The van der Waals surface area contributed by atoms with Crippen molar-refractivity contribution in [3.63, 3.8) is 0 Å². The summed E-state index contributed by atoms with van der Waals surface area (Å²) in [4.78, 5) is 27.5. The van der Waals surface area contributed by atoms with Crippen LogP contribution in [0.3, 0.4) is 0 Å². The van der Waals surface area contributed by atoms with Gasteiger partial charge in [-0.1, -0.05) is 29.3 Å². The van der Waals surface area contributed by atoms with Crippen molar-refractivity contribution in [1.29, 1.82) is 0 Å². The van der Waals surface area contributed by atoms with Crippen molar-refractivity contribution in [2.45, 2.75) is 12.1 Å². The molecule has 25 heavy (non-hydrogen) atoms. The van der Waals surface area contributed by atoms with Gasteiger partial charge in [-0.25, -0.2) is 9.18 Å². The number of nitrogens with one attached hydrogen (secondary N) is 2. The van der Waals surface area contributed by atoms with Crippen molar-refractivity contribution >= 4 is 35.2 Å². The highest BCUT2D eigenvalue weighted by Gasteiger charge is 2.31. The smallest absolute Gasteiger partial charge is 0.408 e. The average molecular weight is 384 g/mol. The molecule has 2 heterocycles. The van der Waals surface area contributed by atoms with Gasteiger partial charge in [0.2, 0.25) is 0 Å². The van der Waals surface area contributed by atoms with Gasteiger partial charge in [0.25, 0.3) is 5.91 Å². The maximum atomic E-state index is 13.5. The molecule has 2 N–H and O–H groups in total. The molecule has 1 aromatic heterocycles. The van der Waals surface area contributed by atoms with E-state index in [1.54, 1.807) is 6.07 Å². The summed E-state index contributed by atoms with van der Waals surface area (Å²) in [6.07, 6.45) is 1.35. The molecule has 2 amide bonds. The van der Waals surface area contributed by atoms with Crippen LogP contribution < -0.4 is 10.6 Å². The fraction of sp³-hybridized carbons (Fsp3) is 0.188. The molecule has 1 aliphatic heterocycles. The number of aromatic nitrogens is 1. The second-order valence-electron chi connectivity index (χ2n) is 5.33. The largest absolute Gasteiger partial charge is 0.434 e. The molecule has 1 aliphatic rings. The Morgan fingerprint density at radius 1 is 1.32 bits per heavy atom. The van der Waals surface area contributed by atoms with Crippen molar-refractivity contribution in [1.82, 2.24) is 15.6 Å². The maximum Gasteiger partial charge on any atom is 0.408 e. The topological polar surface area (TPSA) is 80.3 Å². The highest BCUT2D eigenvalue weighted by molar-refractivity contribution is 6.31. The van der Waals surface area contributed by atoms with Crippen LogP contribution in [0, 0.1) is 5.82 Å². The Morgan fingerprint density at radius 3 is 2.76 bits per heavy atom. The summed E-state index contributed by atoms with van der Waals surface area (Å²) in [5.74, 6) is -1.09. The van der Waals surface area contributed by atoms with Gasteiger partial charge in [-0.05, 0) is 29.3 Å². The minimum Gasteiger partial charge on any atom is -0.434 e. The Hall–Kier alpha value is -2.38. The summed E-state index contributed by atoms with van der Waals surface area (Å²) in [7, 11) is 0. The zero-order valence-electron chi connectivity index (χ0n) is 12.6. The Labute approximate surface area is 152 Å². The van der Waals surface area contributed by atoms with Gasteiger partial charge in [-0.3, -0.25) is 9.78 Å². The number of ether oxygens (including phenoxy) is 1. The Balaban J connectivity index is 1.92. The van der Waals surface area contributed by atoms with Gasteiger partial charge in [0.15, 0.2) is 6.10 Å². The van der Waals surface area contributed by atoms with Crippen LogP contribution in [0.25, 0.3) is 0 Å². The van der Waals surface area contributed by atoms with E-state index in [-0.39, 0.29) is 11.6 Å². The van der Waals surface area contributed by atoms with Crippen LogP contribution >= 0.6 is 23.2 Å².